The highest BCUT2D eigenvalue weighted by atomic mass is 32.1. The number of anilines is 3. The Morgan fingerprint density at radius 1 is 0.966 bits per heavy atom. The average Bonchev–Trinajstić information content (AvgIpc) is 3.19. The summed E-state index contributed by atoms with van der Waals surface area (Å²) < 4.78 is 10.4. The standard InChI is InChI=1S/C21H21N3O4S/c1-3-27-17-11-9-16(10-12-17)23-21-24-18(13-29-21)19(25)22-15-7-5-14(6-8-15)20(26)28-4-2/h5-13H,3-4H2,1-2H3,(H,22,25)(H,23,24). The first-order valence-electron chi connectivity index (χ1n) is 9.13. The molecule has 1 aromatic heterocycles. The number of thiazole rings is 1. The molecule has 3 rings (SSSR count). The lowest BCUT2D eigenvalue weighted by Crippen LogP contribution is -2.12. The summed E-state index contributed by atoms with van der Waals surface area (Å²) in [5.41, 5.74) is 2.15. The second-order valence-electron chi connectivity index (χ2n) is 5.87. The van der Waals surface area contributed by atoms with Crippen LogP contribution in [0.3, 0.4) is 0 Å². The number of carbonyl (C=O) groups excluding carboxylic acids is 2. The first kappa shape index (κ1) is 20.3. The fraction of sp³-hybridized carbons (Fsp3) is 0.190. The molecule has 3 aromatic rings. The van der Waals surface area contributed by atoms with Crippen molar-refractivity contribution in [3.8, 4) is 5.75 Å². The second kappa shape index (κ2) is 9.70. The number of amides is 1. The zero-order valence-corrected chi connectivity index (χ0v) is 16.9. The lowest BCUT2D eigenvalue weighted by molar-refractivity contribution is 0.0526. The quantitative estimate of drug-likeness (QED) is 0.522. The van der Waals surface area contributed by atoms with Crippen LogP contribution in [0.25, 0.3) is 0 Å². The van der Waals surface area contributed by atoms with Gasteiger partial charge in [0, 0.05) is 16.8 Å². The average molecular weight is 411 g/mol. The van der Waals surface area contributed by atoms with Crippen molar-refractivity contribution < 1.29 is 19.1 Å². The maximum Gasteiger partial charge on any atom is 0.338 e. The van der Waals surface area contributed by atoms with Crippen molar-refractivity contribution in [3.63, 3.8) is 0 Å². The van der Waals surface area contributed by atoms with E-state index >= 15 is 0 Å². The van der Waals surface area contributed by atoms with Gasteiger partial charge in [0.05, 0.1) is 18.8 Å². The Morgan fingerprint density at radius 2 is 1.66 bits per heavy atom. The molecule has 2 N–H and O–H groups in total. The van der Waals surface area contributed by atoms with Crippen molar-refractivity contribution in [1.29, 1.82) is 0 Å². The lowest BCUT2D eigenvalue weighted by Gasteiger charge is -2.06. The number of esters is 1. The van der Waals surface area contributed by atoms with Crippen LogP contribution in [-0.4, -0.2) is 30.1 Å². The number of carbonyl (C=O) groups is 2. The van der Waals surface area contributed by atoms with E-state index in [9.17, 15) is 9.59 Å². The highest BCUT2D eigenvalue weighted by molar-refractivity contribution is 7.14. The summed E-state index contributed by atoms with van der Waals surface area (Å²) >= 11 is 1.33. The number of aromatic nitrogens is 1. The first-order valence-corrected chi connectivity index (χ1v) is 10.0. The van der Waals surface area contributed by atoms with Crippen LogP contribution in [-0.2, 0) is 4.74 Å². The first-order chi connectivity index (χ1) is 14.1. The number of nitrogens with one attached hydrogen (secondary N) is 2. The molecule has 150 valence electrons. The van der Waals surface area contributed by atoms with E-state index < -0.39 is 5.97 Å². The molecule has 0 atom stereocenters. The van der Waals surface area contributed by atoms with Gasteiger partial charge in [-0.3, -0.25) is 4.79 Å². The topological polar surface area (TPSA) is 89.5 Å². The van der Waals surface area contributed by atoms with E-state index in [4.69, 9.17) is 9.47 Å². The van der Waals surface area contributed by atoms with Crippen molar-refractivity contribution in [2.45, 2.75) is 13.8 Å². The smallest absolute Gasteiger partial charge is 0.338 e. The number of hydrogen-bond acceptors (Lipinski definition) is 7. The monoisotopic (exact) mass is 411 g/mol. The van der Waals surface area contributed by atoms with Crippen LogP contribution in [0.5, 0.6) is 5.75 Å². The van der Waals surface area contributed by atoms with Crippen LogP contribution >= 0.6 is 11.3 Å². The zero-order chi connectivity index (χ0) is 20.6. The van der Waals surface area contributed by atoms with Crippen LogP contribution in [0.4, 0.5) is 16.5 Å². The Balaban J connectivity index is 1.59. The van der Waals surface area contributed by atoms with Crippen molar-refractivity contribution in [1.82, 2.24) is 4.98 Å². The van der Waals surface area contributed by atoms with Crippen molar-refractivity contribution in [2.24, 2.45) is 0 Å². The van der Waals surface area contributed by atoms with Gasteiger partial charge in [-0.15, -0.1) is 11.3 Å². The van der Waals surface area contributed by atoms with E-state index in [0.717, 1.165) is 11.4 Å². The molecule has 2 aromatic carbocycles. The molecular formula is C21H21N3O4S. The fourth-order valence-corrected chi connectivity index (χ4v) is 3.17. The largest absolute Gasteiger partial charge is 0.494 e. The summed E-state index contributed by atoms with van der Waals surface area (Å²) in [6.07, 6.45) is 0. The van der Waals surface area contributed by atoms with Gasteiger partial charge in [0.15, 0.2) is 5.13 Å². The van der Waals surface area contributed by atoms with E-state index in [1.807, 2.05) is 31.2 Å². The van der Waals surface area contributed by atoms with Crippen molar-refractivity contribution in [3.05, 3.63) is 65.2 Å². The molecular weight excluding hydrogens is 390 g/mol. The van der Waals surface area contributed by atoms with E-state index in [2.05, 4.69) is 15.6 Å². The molecule has 0 saturated heterocycles. The second-order valence-corrected chi connectivity index (χ2v) is 6.73. The van der Waals surface area contributed by atoms with Gasteiger partial charge in [-0.05, 0) is 62.4 Å². The van der Waals surface area contributed by atoms with Gasteiger partial charge in [-0.25, -0.2) is 9.78 Å². The molecule has 1 amide bonds. The Bertz CT molecular complexity index is 968. The van der Waals surface area contributed by atoms with Gasteiger partial charge in [0.25, 0.3) is 5.91 Å². The fourth-order valence-electron chi connectivity index (χ4n) is 2.46. The third-order valence-electron chi connectivity index (χ3n) is 3.81. The number of benzene rings is 2. The Morgan fingerprint density at radius 3 is 2.31 bits per heavy atom. The van der Waals surface area contributed by atoms with Gasteiger partial charge in [-0.1, -0.05) is 0 Å². The van der Waals surface area contributed by atoms with Crippen LogP contribution in [0, 0.1) is 0 Å². The third-order valence-corrected chi connectivity index (χ3v) is 4.57. The number of ether oxygens (including phenoxy) is 2. The van der Waals surface area contributed by atoms with Gasteiger partial charge in [0.1, 0.15) is 11.4 Å². The minimum absolute atomic E-state index is 0.304. The SMILES string of the molecule is CCOC(=O)c1ccc(NC(=O)c2csc(Nc3ccc(OCC)cc3)n2)cc1. The predicted octanol–water partition coefficient (Wildman–Crippen LogP) is 4.71. The molecule has 1 heterocycles. The lowest BCUT2D eigenvalue weighted by atomic mass is 10.2. The van der Waals surface area contributed by atoms with Crippen LogP contribution < -0.4 is 15.4 Å². The minimum atomic E-state index is -0.394. The molecule has 0 aliphatic rings. The normalized spacial score (nSPS) is 10.3. The molecule has 0 aliphatic heterocycles. The summed E-state index contributed by atoms with van der Waals surface area (Å²) in [6.45, 7) is 4.61. The predicted molar refractivity (Wildman–Crippen MR) is 113 cm³/mol. The summed E-state index contributed by atoms with van der Waals surface area (Å²) in [5, 5.41) is 8.22. The minimum Gasteiger partial charge on any atom is -0.494 e. The van der Waals surface area contributed by atoms with E-state index in [1.54, 1.807) is 36.6 Å². The summed E-state index contributed by atoms with van der Waals surface area (Å²) in [5.74, 6) is 0.0750. The number of nitrogens with zero attached hydrogens (tertiary/aromatic N) is 1. The van der Waals surface area contributed by atoms with Crippen LogP contribution in [0.15, 0.2) is 53.9 Å². The molecule has 0 fully saturated rings. The highest BCUT2D eigenvalue weighted by Crippen LogP contribution is 2.23. The van der Waals surface area contributed by atoms with Gasteiger partial charge < -0.3 is 20.1 Å². The molecule has 0 unspecified atom stereocenters. The molecule has 0 aliphatic carbocycles. The molecule has 0 saturated carbocycles. The molecule has 8 heteroatoms. The summed E-state index contributed by atoms with van der Waals surface area (Å²) in [6, 6.07) is 14.0. The van der Waals surface area contributed by atoms with Crippen molar-refractivity contribution >= 4 is 39.7 Å². The molecule has 7 nitrogen and oxygen atoms in total. The van der Waals surface area contributed by atoms with E-state index in [-0.39, 0.29) is 5.91 Å². The van der Waals surface area contributed by atoms with Gasteiger partial charge in [-0.2, -0.15) is 0 Å². The summed E-state index contributed by atoms with van der Waals surface area (Å²) in [4.78, 5) is 28.4. The van der Waals surface area contributed by atoms with Gasteiger partial charge >= 0.3 is 5.97 Å². The Kier molecular flexibility index (Phi) is 6.80. The van der Waals surface area contributed by atoms with Crippen LogP contribution in [0.1, 0.15) is 34.7 Å². The molecule has 0 spiro atoms. The maximum absolute atomic E-state index is 12.4. The molecule has 0 radical (unpaired) electrons. The van der Waals surface area contributed by atoms with Gasteiger partial charge in [0.2, 0.25) is 0 Å². The third kappa shape index (κ3) is 5.55. The van der Waals surface area contributed by atoms with E-state index in [0.29, 0.717) is 35.3 Å². The number of hydrogen-bond donors (Lipinski definition) is 2. The summed E-state index contributed by atoms with van der Waals surface area (Å²) in [7, 11) is 0. The highest BCUT2D eigenvalue weighted by Gasteiger charge is 2.12. The molecule has 0 bridgehead atoms. The van der Waals surface area contributed by atoms with Crippen LogP contribution in [0.2, 0.25) is 0 Å². The van der Waals surface area contributed by atoms with Crippen molar-refractivity contribution in [2.75, 3.05) is 23.8 Å². The number of rotatable bonds is 8. The van der Waals surface area contributed by atoms with E-state index in [1.165, 1.54) is 11.3 Å². The zero-order valence-electron chi connectivity index (χ0n) is 16.1. The molecule has 29 heavy (non-hydrogen) atoms. The Hall–Kier alpha value is -3.39. The maximum atomic E-state index is 12.4. The Labute approximate surface area is 172 Å².